The Morgan fingerprint density at radius 2 is 2.12 bits per heavy atom. The summed E-state index contributed by atoms with van der Waals surface area (Å²) in [5.74, 6) is -2.38. The number of hydrogen-bond donors (Lipinski definition) is 1. The Labute approximate surface area is 97.3 Å². The molecule has 5 heteroatoms. The summed E-state index contributed by atoms with van der Waals surface area (Å²) in [6.45, 7) is 1.90. The van der Waals surface area contributed by atoms with Gasteiger partial charge in [-0.15, -0.1) is 0 Å². The van der Waals surface area contributed by atoms with Crippen molar-refractivity contribution in [1.82, 2.24) is 9.78 Å². The predicted molar refractivity (Wildman–Crippen MR) is 60.3 cm³/mol. The zero-order chi connectivity index (χ0) is 12.4. The van der Waals surface area contributed by atoms with Gasteiger partial charge >= 0.3 is 5.97 Å². The SMILES string of the molecule is Cc1cnn(-c2cccc(C(=O)C(=O)O)c2)c1. The standard InChI is InChI=1S/C12H10N2O3/c1-8-6-13-14(7-8)10-4-2-3-9(5-10)11(15)12(16)17/h2-7H,1H3,(H,16,17). The monoisotopic (exact) mass is 230 g/mol. The minimum absolute atomic E-state index is 0.142. The lowest BCUT2D eigenvalue weighted by atomic mass is 10.1. The van der Waals surface area contributed by atoms with Gasteiger partial charge in [0.2, 0.25) is 0 Å². The zero-order valence-corrected chi connectivity index (χ0v) is 9.12. The molecule has 1 heterocycles. The summed E-state index contributed by atoms with van der Waals surface area (Å²) in [7, 11) is 0. The van der Waals surface area contributed by atoms with Crippen molar-refractivity contribution in [3.63, 3.8) is 0 Å². The van der Waals surface area contributed by atoms with E-state index in [0.717, 1.165) is 5.56 Å². The van der Waals surface area contributed by atoms with E-state index in [1.54, 1.807) is 29.2 Å². The Kier molecular flexibility index (Phi) is 2.74. The van der Waals surface area contributed by atoms with Crippen molar-refractivity contribution in [2.45, 2.75) is 6.92 Å². The largest absolute Gasteiger partial charge is 0.475 e. The Morgan fingerprint density at radius 1 is 1.35 bits per heavy atom. The number of aryl methyl sites for hydroxylation is 1. The molecule has 0 spiro atoms. The van der Waals surface area contributed by atoms with Crippen LogP contribution in [0.15, 0.2) is 36.7 Å². The van der Waals surface area contributed by atoms with Crippen molar-refractivity contribution in [2.24, 2.45) is 0 Å². The number of ketones is 1. The molecule has 1 N–H and O–H groups in total. The van der Waals surface area contributed by atoms with Crippen molar-refractivity contribution in [2.75, 3.05) is 0 Å². The Hall–Kier alpha value is -2.43. The first-order chi connectivity index (χ1) is 8.08. The van der Waals surface area contributed by atoms with Crippen LogP contribution >= 0.6 is 0 Å². The number of hydrogen-bond acceptors (Lipinski definition) is 3. The second-order valence-corrected chi connectivity index (χ2v) is 3.65. The molecule has 5 nitrogen and oxygen atoms in total. The van der Waals surface area contributed by atoms with E-state index in [-0.39, 0.29) is 5.56 Å². The first-order valence-corrected chi connectivity index (χ1v) is 4.97. The molecule has 17 heavy (non-hydrogen) atoms. The van der Waals surface area contributed by atoms with Crippen LogP contribution in [-0.4, -0.2) is 26.6 Å². The van der Waals surface area contributed by atoms with Crippen LogP contribution in [0.5, 0.6) is 0 Å². The van der Waals surface area contributed by atoms with Gasteiger partial charge in [-0.3, -0.25) is 4.79 Å². The number of carboxylic acid groups (broad SMARTS) is 1. The number of Topliss-reactive ketones (excluding diaryl/α,β-unsaturated/α-hetero) is 1. The number of nitrogens with zero attached hydrogens (tertiary/aromatic N) is 2. The van der Waals surface area contributed by atoms with Crippen molar-refractivity contribution in [3.05, 3.63) is 47.8 Å². The van der Waals surface area contributed by atoms with Gasteiger partial charge in [0.25, 0.3) is 5.78 Å². The first-order valence-electron chi connectivity index (χ1n) is 4.97. The third kappa shape index (κ3) is 2.23. The van der Waals surface area contributed by atoms with Crippen LogP contribution in [0.2, 0.25) is 0 Å². The van der Waals surface area contributed by atoms with Crippen LogP contribution in [0.4, 0.5) is 0 Å². The smallest absolute Gasteiger partial charge is 0.377 e. The Bertz CT molecular complexity index is 587. The molecule has 0 aliphatic carbocycles. The third-order valence-electron chi connectivity index (χ3n) is 2.28. The highest BCUT2D eigenvalue weighted by atomic mass is 16.4. The van der Waals surface area contributed by atoms with Gasteiger partial charge in [-0.2, -0.15) is 5.10 Å². The second-order valence-electron chi connectivity index (χ2n) is 3.65. The average molecular weight is 230 g/mol. The fraction of sp³-hybridized carbons (Fsp3) is 0.0833. The van der Waals surface area contributed by atoms with Crippen LogP contribution in [0.25, 0.3) is 5.69 Å². The molecule has 2 aromatic rings. The maximum atomic E-state index is 11.3. The van der Waals surface area contributed by atoms with E-state index < -0.39 is 11.8 Å². The fourth-order valence-corrected chi connectivity index (χ4v) is 1.47. The van der Waals surface area contributed by atoms with Gasteiger partial charge < -0.3 is 5.11 Å². The van der Waals surface area contributed by atoms with Gasteiger partial charge in [0.1, 0.15) is 0 Å². The Balaban J connectivity index is 2.41. The molecule has 0 fully saturated rings. The topological polar surface area (TPSA) is 72.2 Å². The highest BCUT2D eigenvalue weighted by molar-refractivity contribution is 6.39. The van der Waals surface area contributed by atoms with E-state index in [4.69, 9.17) is 5.11 Å². The van der Waals surface area contributed by atoms with Gasteiger partial charge in [-0.25, -0.2) is 9.48 Å². The van der Waals surface area contributed by atoms with Crippen LogP contribution in [0, 0.1) is 6.92 Å². The zero-order valence-electron chi connectivity index (χ0n) is 9.12. The van der Waals surface area contributed by atoms with Gasteiger partial charge in [-0.1, -0.05) is 12.1 Å². The molecular weight excluding hydrogens is 220 g/mol. The molecule has 2 rings (SSSR count). The summed E-state index contributed by atoms with van der Waals surface area (Å²) in [6.07, 6.45) is 3.48. The van der Waals surface area contributed by atoms with Crippen LogP contribution in [0.1, 0.15) is 15.9 Å². The van der Waals surface area contributed by atoms with Crippen molar-refractivity contribution in [1.29, 1.82) is 0 Å². The number of aromatic nitrogens is 2. The van der Waals surface area contributed by atoms with Gasteiger partial charge in [0, 0.05) is 11.8 Å². The van der Waals surface area contributed by atoms with E-state index in [1.807, 2.05) is 6.92 Å². The molecule has 0 aliphatic rings. The minimum Gasteiger partial charge on any atom is -0.475 e. The van der Waals surface area contributed by atoms with Crippen LogP contribution in [-0.2, 0) is 4.79 Å². The van der Waals surface area contributed by atoms with E-state index in [9.17, 15) is 9.59 Å². The molecule has 86 valence electrons. The highest BCUT2D eigenvalue weighted by Crippen LogP contribution is 2.11. The molecule has 0 radical (unpaired) electrons. The number of carboxylic acids is 1. The van der Waals surface area contributed by atoms with Gasteiger partial charge in [0.15, 0.2) is 0 Å². The summed E-state index contributed by atoms with van der Waals surface area (Å²) in [4.78, 5) is 21.9. The van der Waals surface area contributed by atoms with Crippen LogP contribution in [0.3, 0.4) is 0 Å². The first kappa shape index (κ1) is 11.1. The van der Waals surface area contributed by atoms with E-state index in [2.05, 4.69) is 5.10 Å². The summed E-state index contributed by atoms with van der Waals surface area (Å²) in [5.41, 5.74) is 1.79. The molecule has 0 aliphatic heterocycles. The van der Waals surface area contributed by atoms with Gasteiger partial charge in [-0.05, 0) is 24.6 Å². The summed E-state index contributed by atoms with van der Waals surface area (Å²) >= 11 is 0. The number of rotatable bonds is 3. The second kappa shape index (κ2) is 4.21. The molecule has 0 bridgehead atoms. The van der Waals surface area contributed by atoms with Gasteiger partial charge in [0.05, 0.1) is 11.9 Å². The minimum atomic E-state index is -1.46. The normalized spacial score (nSPS) is 10.2. The molecule has 0 unspecified atom stereocenters. The molecule has 1 aromatic carbocycles. The third-order valence-corrected chi connectivity index (χ3v) is 2.28. The lowest BCUT2D eigenvalue weighted by Gasteiger charge is -2.02. The molecule has 0 amide bonds. The predicted octanol–water partition coefficient (Wildman–Crippen LogP) is 1.45. The maximum absolute atomic E-state index is 11.3. The fourth-order valence-electron chi connectivity index (χ4n) is 1.47. The van der Waals surface area contributed by atoms with Crippen molar-refractivity contribution in [3.8, 4) is 5.69 Å². The number of carbonyl (C=O) groups excluding carboxylic acids is 1. The molecule has 0 atom stereocenters. The molecule has 0 saturated carbocycles. The molecule has 0 saturated heterocycles. The highest BCUT2D eigenvalue weighted by Gasteiger charge is 2.14. The van der Waals surface area contributed by atoms with E-state index in [1.165, 1.54) is 12.1 Å². The quantitative estimate of drug-likeness (QED) is 0.639. The number of aliphatic carboxylic acids is 1. The van der Waals surface area contributed by atoms with Crippen molar-refractivity contribution < 1.29 is 14.7 Å². The van der Waals surface area contributed by atoms with Crippen molar-refractivity contribution >= 4 is 11.8 Å². The van der Waals surface area contributed by atoms with E-state index in [0.29, 0.717) is 5.69 Å². The summed E-state index contributed by atoms with van der Waals surface area (Å²) in [5, 5.41) is 12.7. The molecule has 1 aromatic heterocycles. The van der Waals surface area contributed by atoms with E-state index >= 15 is 0 Å². The molecular formula is C12H10N2O3. The summed E-state index contributed by atoms with van der Waals surface area (Å²) < 4.78 is 1.59. The number of benzene rings is 1. The average Bonchev–Trinajstić information content (AvgIpc) is 2.75. The lowest BCUT2D eigenvalue weighted by Crippen LogP contribution is -2.13. The Morgan fingerprint density at radius 3 is 2.71 bits per heavy atom. The summed E-state index contributed by atoms with van der Waals surface area (Å²) in [6, 6.07) is 6.35. The number of carbonyl (C=O) groups is 2. The maximum Gasteiger partial charge on any atom is 0.377 e. The lowest BCUT2D eigenvalue weighted by molar-refractivity contribution is -0.131. The van der Waals surface area contributed by atoms with Crippen LogP contribution < -0.4 is 0 Å².